The van der Waals surface area contributed by atoms with E-state index in [1.807, 2.05) is 6.08 Å². The number of aliphatic hydroxyl groups excluding tert-OH is 5. The monoisotopic (exact) mass is 639 g/mol. The molecule has 0 saturated carbocycles. The molecule has 1 amide bonds. The van der Waals surface area contributed by atoms with Gasteiger partial charge in [0.05, 0.1) is 25.4 Å². The number of unbranched alkanes of at least 4 members (excludes halogenated alkanes) is 13. The molecule has 1 aliphatic rings. The Morgan fingerprint density at radius 1 is 0.733 bits per heavy atom. The maximum Gasteiger partial charge on any atom is 0.220 e. The van der Waals surface area contributed by atoms with Crippen molar-refractivity contribution in [1.29, 1.82) is 0 Å². The smallest absolute Gasteiger partial charge is 0.220 e. The fourth-order valence-electron chi connectivity index (χ4n) is 5.24. The van der Waals surface area contributed by atoms with Crippen LogP contribution in [0.2, 0.25) is 0 Å². The zero-order valence-electron chi connectivity index (χ0n) is 28.1. The van der Waals surface area contributed by atoms with Gasteiger partial charge in [-0.3, -0.25) is 4.79 Å². The summed E-state index contributed by atoms with van der Waals surface area (Å²) in [6, 6.07) is -0.819. The maximum atomic E-state index is 12.6. The predicted octanol–water partition coefficient (Wildman–Crippen LogP) is 5.38. The van der Waals surface area contributed by atoms with Crippen molar-refractivity contribution in [2.24, 2.45) is 0 Å². The normalized spacial score (nSPS) is 23.8. The van der Waals surface area contributed by atoms with Gasteiger partial charge in [0.15, 0.2) is 6.29 Å². The highest BCUT2D eigenvalue weighted by Crippen LogP contribution is 2.22. The second-order valence-electron chi connectivity index (χ2n) is 12.3. The van der Waals surface area contributed by atoms with Crippen molar-refractivity contribution < 1.29 is 39.8 Å². The summed E-state index contributed by atoms with van der Waals surface area (Å²) in [6.07, 6.45) is 23.8. The van der Waals surface area contributed by atoms with Gasteiger partial charge < -0.3 is 40.3 Å². The highest BCUT2D eigenvalue weighted by molar-refractivity contribution is 5.76. The summed E-state index contributed by atoms with van der Waals surface area (Å²) in [6.45, 7) is 3.61. The van der Waals surface area contributed by atoms with E-state index in [1.54, 1.807) is 6.08 Å². The van der Waals surface area contributed by atoms with Gasteiger partial charge in [-0.2, -0.15) is 0 Å². The lowest BCUT2D eigenvalue weighted by atomic mass is 9.99. The number of amides is 1. The molecule has 7 unspecified atom stereocenters. The van der Waals surface area contributed by atoms with Gasteiger partial charge in [-0.15, -0.1) is 0 Å². The van der Waals surface area contributed by atoms with Crippen LogP contribution < -0.4 is 5.32 Å². The van der Waals surface area contributed by atoms with Gasteiger partial charge in [0.1, 0.15) is 24.4 Å². The fraction of sp³-hybridized carbons (Fsp3) is 0.806. The van der Waals surface area contributed by atoms with E-state index in [-0.39, 0.29) is 12.5 Å². The number of nitrogens with one attached hydrogen (secondary N) is 1. The summed E-state index contributed by atoms with van der Waals surface area (Å²) in [5, 5.41) is 53.5. The molecule has 1 aliphatic heterocycles. The zero-order valence-corrected chi connectivity index (χ0v) is 28.1. The second kappa shape index (κ2) is 27.5. The third-order valence-corrected chi connectivity index (χ3v) is 8.20. The van der Waals surface area contributed by atoms with E-state index in [1.165, 1.54) is 51.4 Å². The molecule has 0 aromatic carbocycles. The molecule has 6 N–H and O–H groups in total. The Morgan fingerprint density at radius 3 is 1.87 bits per heavy atom. The number of ether oxygens (including phenoxy) is 2. The molecule has 1 saturated heterocycles. The number of carbonyl (C=O) groups is 1. The highest BCUT2D eigenvalue weighted by Gasteiger charge is 2.44. The summed E-state index contributed by atoms with van der Waals surface area (Å²) in [5.74, 6) is -0.208. The molecule has 1 heterocycles. The molecule has 7 atom stereocenters. The molecule has 0 aromatic heterocycles. The number of hydrogen-bond acceptors (Lipinski definition) is 8. The Kier molecular flexibility index (Phi) is 25.3. The van der Waals surface area contributed by atoms with Crippen LogP contribution in [0.5, 0.6) is 0 Å². The quantitative estimate of drug-likeness (QED) is 0.0519. The Balaban J connectivity index is 2.46. The van der Waals surface area contributed by atoms with E-state index in [0.717, 1.165) is 57.8 Å². The summed E-state index contributed by atoms with van der Waals surface area (Å²) < 4.78 is 11.1. The lowest BCUT2D eigenvalue weighted by molar-refractivity contribution is -0.302. The molecule has 0 aliphatic carbocycles. The lowest BCUT2D eigenvalue weighted by Gasteiger charge is -2.40. The molecule has 45 heavy (non-hydrogen) atoms. The average molecular weight is 640 g/mol. The van der Waals surface area contributed by atoms with Crippen molar-refractivity contribution >= 4 is 5.91 Å². The standard InChI is InChI=1S/C36H65NO8/c1-3-5-7-9-10-11-12-13-14-15-16-17-18-19-20-22-23-25-30(39)29(37-32(40)26-24-21-8-6-4-2)28-44-36-35(43)34(42)33(41)31(27-38)45-36/h14-15,18-19,23,25,29-31,33-36,38-39,41-43H,3-13,16-17,20-22,24,26-28H2,1-2H3,(H,37,40)/b15-14+,19-18+,25-23+. The maximum absolute atomic E-state index is 12.6. The van der Waals surface area contributed by atoms with Crippen LogP contribution >= 0.6 is 0 Å². The molecule has 1 rings (SSSR count). The Morgan fingerprint density at radius 2 is 1.27 bits per heavy atom. The van der Waals surface area contributed by atoms with Gasteiger partial charge in [0.2, 0.25) is 5.91 Å². The van der Waals surface area contributed by atoms with Gasteiger partial charge in [-0.05, 0) is 44.9 Å². The van der Waals surface area contributed by atoms with Gasteiger partial charge in [-0.25, -0.2) is 0 Å². The summed E-state index contributed by atoms with van der Waals surface area (Å²) in [7, 11) is 0. The Hall–Kier alpha value is -1.59. The van der Waals surface area contributed by atoms with Crippen molar-refractivity contribution in [2.75, 3.05) is 13.2 Å². The average Bonchev–Trinajstić information content (AvgIpc) is 3.03. The van der Waals surface area contributed by atoms with Crippen LogP contribution in [0.15, 0.2) is 36.5 Å². The van der Waals surface area contributed by atoms with Gasteiger partial charge >= 0.3 is 0 Å². The van der Waals surface area contributed by atoms with Crippen LogP contribution in [0, 0.1) is 0 Å². The van der Waals surface area contributed by atoms with Crippen LogP contribution in [0.25, 0.3) is 0 Å². The predicted molar refractivity (Wildman–Crippen MR) is 180 cm³/mol. The minimum Gasteiger partial charge on any atom is -0.394 e. The second-order valence-corrected chi connectivity index (χ2v) is 12.3. The Bertz CT molecular complexity index is 802. The lowest BCUT2D eigenvalue weighted by Crippen LogP contribution is -2.60. The first-order chi connectivity index (χ1) is 21.8. The third-order valence-electron chi connectivity index (χ3n) is 8.20. The third kappa shape index (κ3) is 19.6. The molecular formula is C36H65NO8. The molecule has 9 heteroatoms. The van der Waals surface area contributed by atoms with Crippen LogP contribution in [-0.2, 0) is 14.3 Å². The SMILES string of the molecule is CCCCCCCCC/C=C/CC/C=C/CC/C=C/C(O)C(COC1OC(CO)C(O)C(O)C1O)NC(=O)CCCCCCC. The van der Waals surface area contributed by atoms with E-state index in [4.69, 9.17) is 9.47 Å². The summed E-state index contributed by atoms with van der Waals surface area (Å²) in [5.41, 5.74) is 0. The minimum atomic E-state index is -1.57. The minimum absolute atomic E-state index is 0.206. The molecule has 262 valence electrons. The van der Waals surface area contributed by atoms with Crippen molar-refractivity contribution in [2.45, 2.75) is 172 Å². The first-order valence-electron chi connectivity index (χ1n) is 17.7. The number of carbonyl (C=O) groups excluding carboxylic acids is 1. The van der Waals surface area contributed by atoms with Crippen molar-refractivity contribution in [1.82, 2.24) is 5.32 Å². The number of rotatable bonds is 27. The zero-order chi connectivity index (χ0) is 33.1. The molecule has 9 nitrogen and oxygen atoms in total. The fourth-order valence-corrected chi connectivity index (χ4v) is 5.24. The van der Waals surface area contributed by atoms with E-state index < -0.39 is 49.5 Å². The van der Waals surface area contributed by atoms with Crippen LogP contribution in [-0.4, -0.2) is 87.5 Å². The Labute approximate surface area is 272 Å². The van der Waals surface area contributed by atoms with Crippen LogP contribution in [0.1, 0.15) is 129 Å². The summed E-state index contributed by atoms with van der Waals surface area (Å²) >= 11 is 0. The molecule has 0 radical (unpaired) electrons. The van der Waals surface area contributed by atoms with E-state index in [9.17, 15) is 30.3 Å². The van der Waals surface area contributed by atoms with Crippen molar-refractivity contribution in [3.8, 4) is 0 Å². The van der Waals surface area contributed by atoms with Crippen molar-refractivity contribution in [3.05, 3.63) is 36.5 Å². The first kappa shape index (κ1) is 41.4. The highest BCUT2D eigenvalue weighted by atomic mass is 16.7. The van der Waals surface area contributed by atoms with Crippen LogP contribution in [0.3, 0.4) is 0 Å². The first-order valence-corrected chi connectivity index (χ1v) is 17.7. The van der Waals surface area contributed by atoms with Crippen LogP contribution in [0.4, 0.5) is 0 Å². The molecule has 0 aromatic rings. The number of hydrogen-bond donors (Lipinski definition) is 6. The topological polar surface area (TPSA) is 149 Å². The van der Waals surface area contributed by atoms with Gasteiger partial charge in [0.25, 0.3) is 0 Å². The van der Waals surface area contributed by atoms with Gasteiger partial charge in [-0.1, -0.05) is 115 Å². The molecule has 0 bridgehead atoms. The van der Waals surface area contributed by atoms with E-state index in [2.05, 4.69) is 43.5 Å². The largest absolute Gasteiger partial charge is 0.394 e. The summed E-state index contributed by atoms with van der Waals surface area (Å²) in [4.78, 5) is 12.6. The number of aliphatic hydroxyl groups is 5. The molecule has 0 spiro atoms. The molecule has 1 fully saturated rings. The molecular weight excluding hydrogens is 574 g/mol. The van der Waals surface area contributed by atoms with Crippen molar-refractivity contribution in [3.63, 3.8) is 0 Å². The van der Waals surface area contributed by atoms with E-state index >= 15 is 0 Å². The van der Waals surface area contributed by atoms with E-state index in [0.29, 0.717) is 6.42 Å². The number of allylic oxidation sites excluding steroid dienone is 5. The van der Waals surface area contributed by atoms with Gasteiger partial charge in [0, 0.05) is 6.42 Å².